The Hall–Kier alpha value is -1.91. The van der Waals surface area contributed by atoms with Gasteiger partial charge in [0.2, 0.25) is 5.91 Å². The van der Waals surface area contributed by atoms with Crippen molar-refractivity contribution in [1.29, 1.82) is 0 Å². The number of methoxy groups -OCH3 is 3. The zero-order chi connectivity index (χ0) is 12.1. The smallest absolute Gasteiger partial charge is 0.224 e. The standard InChI is InChI=1S/C11H14NO4/c1-7(13)12-8-5-10(15-3)11(16-4)6-9(8)14-2/h5-6H,1H2,2-4H3,(H,12,13). The molecule has 1 aromatic rings. The van der Waals surface area contributed by atoms with E-state index in [-0.39, 0.29) is 0 Å². The maximum Gasteiger partial charge on any atom is 0.224 e. The van der Waals surface area contributed by atoms with Crippen LogP contribution in [-0.2, 0) is 4.79 Å². The fourth-order valence-electron chi connectivity index (χ4n) is 1.28. The van der Waals surface area contributed by atoms with E-state index in [0.717, 1.165) is 0 Å². The average molecular weight is 224 g/mol. The van der Waals surface area contributed by atoms with Crippen molar-refractivity contribution in [3.8, 4) is 17.2 Å². The van der Waals surface area contributed by atoms with Crippen molar-refractivity contribution >= 4 is 11.6 Å². The number of anilines is 1. The molecule has 5 nitrogen and oxygen atoms in total. The minimum absolute atomic E-state index is 0.425. The molecule has 0 fully saturated rings. The van der Waals surface area contributed by atoms with Gasteiger partial charge >= 0.3 is 0 Å². The third-order valence-electron chi connectivity index (χ3n) is 1.98. The van der Waals surface area contributed by atoms with E-state index in [0.29, 0.717) is 22.9 Å². The van der Waals surface area contributed by atoms with Gasteiger partial charge in [-0.15, -0.1) is 0 Å². The number of benzene rings is 1. The van der Waals surface area contributed by atoms with Gasteiger partial charge in [-0.05, 0) is 0 Å². The number of ether oxygens (including phenoxy) is 3. The van der Waals surface area contributed by atoms with Crippen LogP contribution in [0.4, 0.5) is 5.69 Å². The molecule has 1 radical (unpaired) electrons. The first-order chi connectivity index (χ1) is 7.62. The molecule has 0 saturated carbocycles. The molecule has 5 heteroatoms. The largest absolute Gasteiger partial charge is 0.494 e. The molecule has 1 amide bonds. The van der Waals surface area contributed by atoms with E-state index < -0.39 is 5.91 Å². The van der Waals surface area contributed by atoms with Crippen molar-refractivity contribution in [1.82, 2.24) is 0 Å². The maximum absolute atomic E-state index is 10.9. The lowest BCUT2D eigenvalue weighted by Crippen LogP contribution is -2.08. The highest BCUT2D eigenvalue weighted by Crippen LogP contribution is 2.37. The van der Waals surface area contributed by atoms with E-state index in [1.54, 1.807) is 12.1 Å². The summed E-state index contributed by atoms with van der Waals surface area (Å²) in [4.78, 5) is 10.9. The Bertz CT molecular complexity index is 390. The van der Waals surface area contributed by atoms with E-state index in [2.05, 4.69) is 12.2 Å². The Morgan fingerprint density at radius 2 is 1.56 bits per heavy atom. The van der Waals surface area contributed by atoms with Gasteiger partial charge in [0.15, 0.2) is 11.5 Å². The van der Waals surface area contributed by atoms with Gasteiger partial charge in [-0.25, -0.2) is 0 Å². The van der Waals surface area contributed by atoms with Crippen molar-refractivity contribution in [2.75, 3.05) is 26.6 Å². The Morgan fingerprint density at radius 3 is 2.00 bits per heavy atom. The highest BCUT2D eigenvalue weighted by Gasteiger charge is 2.12. The lowest BCUT2D eigenvalue weighted by Gasteiger charge is -2.13. The molecular formula is C11H14NO4. The summed E-state index contributed by atoms with van der Waals surface area (Å²) in [5, 5.41) is 2.54. The summed E-state index contributed by atoms with van der Waals surface area (Å²) in [5.74, 6) is 1.09. The molecule has 0 aliphatic heterocycles. The third-order valence-corrected chi connectivity index (χ3v) is 1.98. The Kier molecular flexibility index (Phi) is 3.99. The lowest BCUT2D eigenvalue weighted by atomic mass is 10.2. The molecule has 0 aromatic heterocycles. The fraction of sp³-hybridized carbons (Fsp3) is 0.273. The molecule has 0 spiro atoms. The van der Waals surface area contributed by atoms with Crippen molar-refractivity contribution in [3.05, 3.63) is 19.1 Å². The zero-order valence-corrected chi connectivity index (χ0v) is 9.49. The van der Waals surface area contributed by atoms with Crippen LogP contribution in [0.25, 0.3) is 0 Å². The molecule has 1 N–H and O–H groups in total. The van der Waals surface area contributed by atoms with Crippen LogP contribution in [-0.4, -0.2) is 27.2 Å². The molecule has 0 bridgehead atoms. The first-order valence-electron chi connectivity index (χ1n) is 4.55. The summed E-state index contributed by atoms with van der Waals surface area (Å²) in [7, 11) is 4.54. The Morgan fingerprint density at radius 1 is 1.06 bits per heavy atom. The van der Waals surface area contributed by atoms with Crippen molar-refractivity contribution in [3.63, 3.8) is 0 Å². The topological polar surface area (TPSA) is 56.8 Å². The molecule has 1 aromatic carbocycles. The quantitative estimate of drug-likeness (QED) is 0.841. The summed E-state index contributed by atoms with van der Waals surface area (Å²) in [6.07, 6.45) is 0. The van der Waals surface area contributed by atoms with Gasteiger partial charge in [-0.3, -0.25) is 4.79 Å². The molecular weight excluding hydrogens is 210 g/mol. The first-order valence-corrected chi connectivity index (χ1v) is 4.55. The van der Waals surface area contributed by atoms with E-state index in [1.165, 1.54) is 21.3 Å². The number of carbonyl (C=O) groups is 1. The second kappa shape index (κ2) is 5.25. The number of hydrogen-bond acceptors (Lipinski definition) is 4. The van der Waals surface area contributed by atoms with E-state index in [1.807, 2.05) is 0 Å². The zero-order valence-electron chi connectivity index (χ0n) is 9.49. The first kappa shape index (κ1) is 12.2. The molecule has 0 aliphatic carbocycles. The van der Waals surface area contributed by atoms with E-state index in [4.69, 9.17) is 14.2 Å². The predicted molar refractivity (Wildman–Crippen MR) is 60.1 cm³/mol. The van der Waals surface area contributed by atoms with Crippen LogP contribution >= 0.6 is 0 Å². The Labute approximate surface area is 94.3 Å². The van der Waals surface area contributed by atoms with Crippen LogP contribution in [0.2, 0.25) is 0 Å². The van der Waals surface area contributed by atoms with Crippen LogP contribution < -0.4 is 19.5 Å². The van der Waals surface area contributed by atoms with Crippen molar-refractivity contribution in [2.24, 2.45) is 0 Å². The van der Waals surface area contributed by atoms with Crippen molar-refractivity contribution in [2.45, 2.75) is 0 Å². The minimum atomic E-state index is -0.425. The third kappa shape index (κ3) is 2.56. The molecule has 87 valence electrons. The highest BCUT2D eigenvalue weighted by molar-refractivity contribution is 5.95. The Balaban J connectivity index is 3.20. The molecule has 0 unspecified atom stereocenters. The van der Waals surface area contributed by atoms with Crippen LogP contribution in [0.5, 0.6) is 17.2 Å². The number of amides is 1. The van der Waals surface area contributed by atoms with E-state index in [9.17, 15) is 4.79 Å². The van der Waals surface area contributed by atoms with Gasteiger partial charge in [0, 0.05) is 19.1 Å². The van der Waals surface area contributed by atoms with Crippen molar-refractivity contribution < 1.29 is 19.0 Å². The van der Waals surface area contributed by atoms with Crippen LogP contribution in [0, 0.1) is 6.92 Å². The molecule has 16 heavy (non-hydrogen) atoms. The minimum Gasteiger partial charge on any atom is -0.494 e. The molecule has 0 saturated heterocycles. The molecule has 0 heterocycles. The molecule has 0 aliphatic rings. The van der Waals surface area contributed by atoms with E-state index >= 15 is 0 Å². The second-order valence-corrected chi connectivity index (χ2v) is 2.96. The summed E-state index contributed by atoms with van der Waals surface area (Å²) >= 11 is 0. The number of hydrogen-bond donors (Lipinski definition) is 1. The molecule has 1 rings (SSSR count). The lowest BCUT2D eigenvalue weighted by molar-refractivity contribution is -0.112. The van der Waals surface area contributed by atoms with Gasteiger partial charge < -0.3 is 19.5 Å². The van der Waals surface area contributed by atoms with Crippen LogP contribution in [0.3, 0.4) is 0 Å². The highest BCUT2D eigenvalue weighted by atomic mass is 16.5. The monoisotopic (exact) mass is 224 g/mol. The number of carbonyl (C=O) groups excluding carboxylic acids is 1. The van der Waals surface area contributed by atoms with Gasteiger partial charge in [0.25, 0.3) is 0 Å². The van der Waals surface area contributed by atoms with Gasteiger partial charge in [0.05, 0.1) is 27.0 Å². The van der Waals surface area contributed by atoms with Crippen LogP contribution in [0.1, 0.15) is 0 Å². The average Bonchev–Trinajstić information content (AvgIpc) is 2.27. The molecule has 0 atom stereocenters. The normalized spacial score (nSPS) is 9.50. The number of rotatable bonds is 4. The number of nitrogens with one attached hydrogen (secondary N) is 1. The fourth-order valence-corrected chi connectivity index (χ4v) is 1.28. The SMILES string of the molecule is [CH2]C(=O)Nc1cc(OC)c(OC)cc1OC. The summed E-state index contributed by atoms with van der Waals surface area (Å²) in [5.41, 5.74) is 0.486. The summed E-state index contributed by atoms with van der Waals surface area (Å²) in [6.45, 7) is 3.23. The predicted octanol–water partition coefficient (Wildman–Crippen LogP) is 1.48. The summed E-state index contributed by atoms with van der Waals surface area (Å²) in [6, 6.07) is 3.24. The van der Waals surface area contributed by atoms with Crippen LogP contribution in [0.15, 0.2) is 12.1 Å². The van der Waals surface area contributed by atoms with Gasteiger partial charge in [-0.2, -0.15) is 0 Å². The van der Waals surface area contributed by atoms with Gasteiger partial charge in [0.1, 0.15) is 5.75 Å². The van der Waals surface area contributed by atoms with Gasteiger partial charge in [-0.1, -0.05) is 0 Å². The maximum atomic E-state index is 10.9. The summed E-state index contributed by atoms with van der Waals surface area (Å²) < 4.78 is 15.3. The second-order valence-electron chi connectivity index (χ2n) is 2.96.